The second-order valence-electron chi connectivity index (χ2n) is 5.10. The maximum absolute atomic E-state index is 11.8. The molecule has 0 aliphatic rings. The van der Waals surface area contributed by atoms with Crippen molar-refractivity contribution in [3.8, 4) is 0 Å². The van der Waals surface area contributed by atoms with Crippen molar-refractivity contribution in [1.82, 2.24) is 5.32 Å². The highest BCUT2D eigenvalue weighted by Gasteiger charge is 2.33. The van der Waals surface area contributed by atoms with E-state index in [0.29, 0.717) is 12.5 Å². The maximum atomic E-state index is 11.8. The second kappa shape index (κ2) is 5.35. The molecule has 0 rings (SSSR count). The average Bonchev–Trinajstić information content (AvgIpc) is 1.97. The van der Waals surface area contributed by atoms with Crippen molar-refractivity contribution in [2.24, 2.45) is 17.3 Å². The Labute approximate surface area is 86.9 Å². The van der Waals surface area contributed by atoms with Crippen molar-refractivity contribution < 1.29 is 9.90 Å². The van der Waals surface area contributed by atoms with E-state index in [0.717, 1.165) is 0 Å². The summed E-state index contributed by atoms with van der Waals surface area (Å²) in [6.07, 6.45) is 0. The molecule has 0 aromatic rings. The molecular formula is C11H23NO2. The quantitative estimate of drug-likeness (QED) is 0.722. The molecule has 3 nitrogen and oxygen atoms in total. The number of rotatable bonds is 4. The van der Waals surface area contributed by atoms with Crippen LogP contribution in [0.25, 0.3) is 0 Å². The van der Waals surface area contributed by atoms with Gasteiger partial charge in [-0.1, -0.05) is 34.6 Å². The van der Waals surface area contributed by atoms with Gasteiger partial charge < -0.3 is 10.4 Å². The van der Waals surface area contributed by atoms with Crippen LogP contribution in [0.5, 0.6) is 0 Å². The molecule has 84 valence electrons. The van der Waals surface area contributed by atoms with Crippen molar-refractivity contribution in [3.63, 3.8) is 0 Å². The van der Waals surface area contributed by atoms with Gasteiger partial charge in [0.25, 0.3) is 0 Å². The topological polar surface area (TPSA) is 49.3 Å². The van der Waals surface area contributed by atoms with Gasteiger partial charge in [-0.3, -0.25) is 4.79 Å². The lowest BCUT2D eigenvalue weighted by atomic mass is 9.74. The highest BCUT2D eigenvalue weighted by molar-refractivity contribution is 5.79. The molecule has 0 bridgehead atoms. The summed E-state index contributed by atoms with van der Waals surface area (Å²) in [5.74, 6) is 0.351. The van der Waals surface area contributed by atoms with E-state index < -0.39 is 0 Å². The fourth-order valence-electron chi connectivity index (χ4n) is 1.99. The molecule has 0 radical (unpaired) electrons. The fraction of sp³-hybridized carbons (Fsp3) is 0.909. The Kier molecular flexibility index (Phi) is 5.13. The van der Waals surface area contributed by atoms with Crippen LogP contribution in [-0.2, 0) is 4.79 Å². The zero-order valence-corrected chi connectivity index (χ0v) is 9.92. The van der Waals surface area contributed by atoms with Crippen LogP contribution >= 0.6 is 0 Å². The molecule has 1 unspecified atom stereocenters. The number of amides is 1. The molecule has 1 amide bonds. The Morgan fingerprint density at radius 1 is 1.36 bits per heavy atom. The molecule has 0 aromatic carbocycles. The van der Waals surface area contributed by atoms with Crippen molar-refractivity contribution in [2.75, 3.05) is 13.2 Å². The number of aliphatic hydroxyl groups excluding tert-OH is 1. The van der Waals surface area contributed by atoms with Gasteiger partial charge in [0.1, 0.15) is 0 Å². The number of carbonyl (C=O) groups is 1. The standard InChI is InChI=1S/C11H23NO2/c1-8(2)9(11(3,4)5)10(14)12-6-7-13/h8-9,13H,6-7H2,1-5H3,(H,12,14). The van der Waals surface area contributed by atoms with Gasteiger partial charge in [0.2, 0.25) is 5.91 Å². The summed E-state index contributed by atoms with van der Waals surface area (Å²) in [5.41, 5.74) is -0.0340. The van der Waals surface area contributed by atoms with E-state index in [9.17, 15) is 4.79 Å². The lowest BCUT2D eigenvalue weighted by Crippen LogP contribution is -2.41. The molecule has 1 atom stereocenters. The first-order chi connectivity index (χ1) is 6.30. The predicted molar refractivity (Wildman–Crippen MR) is 57.9 cm³/mol. The maximum Gasteiger partial charge on any atom is 0.223 e. The van der Waals surface area contributed by atoms with Crippen LogP contribution in [0.4, 0.5) is 0 Å². The number of carbonyl (C=O) groups excluding carboxylic acids is 1. The van der Waals surface area contributed by atoms with Crippen molar-refractivity contribution in [3.05, 3.63) is 0 Å². The van der Waals surface area contributed by atoms with Crippen LogP contribution in [-0.4, -0.2) is 24.2 Å². The minimum atomic E-state index is -0.0340. The number of hydrogen-bond acceptors (Lipinski definition) is 2. The third-order valence-corrected chi connectivity index (χ3v) is 2.29. The van der Waals surface area contributed by atoms with E-state index in [2.05, 4.69) is 39.9 Å². The molecule has 0 saturated carbocycles. The lowest BCUT2D eigenvalue weighted by Gasteiger charge is -2.32. The molecule has 14 heavy (non-hydrogen) atoms. The Balaban J connectivity index is 4.43. The van der Waals surface area contributed by atoms with Gasteiger partial charge in [-0.2, -0.15) is 0 Å². The smallest absolute Gasteiger partial charge is 0.223 e. The van der Waals surface area contributed by atoms with Gasteiger partial charge in [0, 0.05) is 12.5 Å². The fourth-order valence-corrected chi connectivity index (χ4v) is 1.99. The first kappa shape index (κ1) is 13.4. The molecule has 0 aromatic heterocycles. The van der Waals surface area contributed by atoms with Gasteiger partial charge in [0.15, 0.2) is 0 Å². The molecule has 2 N–H and O–H groups in total. The molecule has 0 heterocycles. The highest BCUT2D eigenvalue weighted by atomic mass is 16.3. The van der Waals surface area contributed by atoms with E-state index in [4.69, 9.17) is 5.11 Å². The van der Waals surface area contributed by atoms with Gasteiger partial charge in [-0.05, 0) is 11.3 Å². The van der Waals surface area contributed by atoms with Crippen molar-refractivity contribution >= 4 is 5.91 Å². The second-order valence-corrected chi connectivity index (χ2v) is 5.10. The minimum absolute atomic E-state index is 0.000693. The summed E-state index contributed by atoms with van der Waals surface area (Å²) in [6.45, 7) is 10.6. The summed E-state index contributed by atoms with van der Waals surface area (Å²) < 4.78 is 0. The van der Waals surface area contributed by atoms with Gasteiger partial charge in [0.05, 0.1) is 6.61 Å². The third kappa shape index (κ3) is 4.09. The van der Waals surface area contributed by atoms with Crippen LogP contribution in [0.15, 0.2) is 0 Å². The van der Waals surface area contributed by atoms with Crippen LogP contribution in [0, 0.1) is 17.3 Å². The normalized spacial score (nSPS) is 14.2. The van der Waals surface area contributed by atoms with Crippen molar-refractivity contribution in [1.29, 1.82) is 0 Å². The first-order valence-corrected chi connectivity index (χ1v) is 5.19. The van der Waals surface area contributed by atoms with Crippen molar-refractivity contribution in [2.45, 2.75) is 34.6 Å². The molecule has 0 spiro atoms. The summed E-state index contributed by atoms with van der Waals surface area (Å²) in [4.78, 5) is 11.8. The van der Waals surface area contributed by atoms with Gasteiger partial charge in [-0.25, -0.2) is 0 Å². The molecule has 0 fully saturated rings. The minimum Gasteiger partial charge on any atom is -0.395 e. The summed E-state index contributed by atoms with van der Waals surface area (Å²) >= 11 is 0. The van der Waals surface area contributed by atoms with E-state index in [-0.39, 0.29) is 23.8 Å². The average molecular weight is 201 g/mol. The van der Waals surface area contributed by atoms with Crippen LogP contribution in [0.3, 0.4) is 0 Å². The Morgan fingerprint density at radius 3 is 2.14 bits per heavy atom. The first-order valence-electron chi connectivity index (χ1n) is 5.19. The predicted octanol–water partition coefficient (Wildman–Crippen LogP) is 1.41. The lowest BCUT2D eigenvalue weighted by molar-refractivity contribution is -0.130. The Morgan fingerprint density at radius 2 is 1.86 bits per heavy atom. The molecule has 0 aliphatic carbocycles. The summed E-state index contributed by atoms with van der Waals surface area (Å²) in [5, 5.41) is 11.4. The van der Waals surface area contributed by atoms with E-state index in [1.165, 1.54) is 0 Å². The van der Waals surface area contributed by atoms with Crippen LogP contribution < -0.4 is 5.32 Å². The van der Waals surface area contributed by atoms with Gasteiger partial charge in [-0.15, -0.1) is 0 Å². The van der Waals surface area contributed by atoms with E-state index in [1.54, 1.807) is 0 Å². The number of nitrogens with one attached hydrogen (secondary N) is 1. The summed E-state index contributed by atoms with van der Waals surface area (Å²) in [7, 11) is 0. The number of aliphatic hydroxyl groups is 1. The number of hydrogen-bond donors (Lipinski definition) is 2. The van der Waals surface area contributed by atoms with Crippen LogP contribution in [0.2, 0.25) is 0 Å². The Bertz CT molecular complexity index is 182. The summed E-state index contributed by atoms with van der Waals surface area (Å²) in [6, 6.07) is 0. The molecule has 3 heteroatoms. The molecule has 0 aliphatic heterocycles. The molecule has 0 saturated heterocycles. The third-order valence-electron chi connectivity index (χ3n) is 2.29. The van der Waals surface area contributed by atoms with Gasteiger partial charge >= 0.3 is 0 Å². The van der Waals surface area contributed by atoms with E-state index in [1.807, 2.05) is 0 Å². The SMILES string of the molecule is CC(C)C(C(=O)NCCO)C(C)(C)C. The zero-order valence-electron chi connectivity index (χ0n) is 9.92. The monoisotopic (exact) mass is 201 g/mol. The largest absolute Gasteiger partial charge is 0.395 e. The van der Waals surface area contributed by atoms with Crippen LogP contribution in [0.1, 0.15) is 34.6 Å². The molecular weight excluding hydrogens is 178 g/mol. The highest BCUT2D eigenvalue weighted by Crippen LogP contribution is 2.31. The van der Waals surface area contributed by atoms with E-state index >= 15 is 0 Å². The Hall–Kier alpha value is -0.570. The zero-order chi connectivity index (χ0) is 11.4.